The lowest BCUT2D eigenvalue weighted by Crippen LogP contribution is -2.59. The van der Waals surface area contributed by atoms with Crippen molar-refractivity contribution in [2.24, 2.45) is 0 Å². The molecular weight excluding hydrogens is 422 g/mol. The predicted octanol–water partition coefficient (Wildman–Crippen LogP) is 3.39. The molecule has 3 fully saturated rings. The molecule has 172 valence electrons. The third-order valence-electron chi connectivity index (χ3n) is 6.97. The molecule has 1 aromatic carbocycles. The summed E-state index contributed by atoms with van der Waals surface area (Å²) in [7, 11) is 0. The first-order valence-corrected chi connectivity index (χ1v) is 13.0. The fourth-order valence-corrected chi connectivity index (χ4v) is 5.69. The number of benzene rings is 1. The van der Waals surface area contributed by atoms with Gasteiger partial charge in [-0.3, -0.25) is 9.69 Å². The molecule has 1 aliphatic heterocycles. The molecule has 2 aromatic rings. The molecule has 0 spiro atoms. The SMILES string of the molecule is O=C(CSc1nc(C2CC2)n(-c2ccccc2)n1)NCC1(N2CCOCC2)CCCCC1. The molecule has 32 heavy (non-hydrogen) atoms. The first kappa shape index (κ1) is 21.9. The van der Waals surface area contributed by atoms with E-state index in [1.54, 1.807) is 0 Å². The summed E-state index contributed by atoms with van der Waals surface area (Å²) in [5, 5.41) is 8.65. The molecule has 2 heterocycles. The molecule has 2 saturated carbocycles. The van der Waals surface area contributed by atoms with Crippen molar-refractivity contribution in [3.63, 3.8) is 0 Å². The van der Waals surface area contributed by atoms with Crippen LogP contribution in [0.4, 0.5) is 0 Å². The Hall–Kier alpha value is -1.90. The van der Waals surface area contributed by atoms with Crippen molar-refractivity contribution in [2.45, 2.75) is 61.6 Å². The summed E-state index contributed by atoms with van der Waals surface area (Å²) in [6.07, 6.45) is 8.44. The van der Waals surface area contributed by atoms with Gasteiger partial charge in [-0.2, -0.15) is 0 Å². The zero-order chi connectivity index (χ0) is 21.8. The third kappa shape index (κ3) is 5.02. The van der Waals surface area contributed by atoms with Gasteiger partial charge in [-0.15, -0.1) is 5.10 Å². The lowest BCUT2D eigenvalue weighted by Gasteiger charge is -2.48. The minimum Gasteiger partial charge on any atom is -0.379 e. The Morgan fingerprint density at radius 1 is 1.12 bits per heavy atom. The highest BCUT2D eigenvalue weighted by atomic mass is 32.2. The average Bonchev–Trinajstić information content (AvgIpc) is 3.62. The lowest BCUT2D eigenvalue weighted by atomic mass is 9.79. The summed E-state index contributed by atoms with van der Waals surface area (Å²) >= 11 is 1.44. The van der Waals surface area contributed by atoms with Gasteiger partial charge in [0, 0.05) is 31.1 Å². The largest absolute Gasteiger partial charge is 0.379 e. The maximum atomic E-state index is 12.8. The molecule has 1 saturated heterocycles. The fourth-order valence-electron chi connectivity index (χ4n) is 5.03. The van der Waals surface area contributed by atoms with E-state index in [1.165, 1.54) is 43.9 Å². The van der Waals surface area contributed by atoms with E-state index >= 15 is 0 Å². The van der Waals surface area contributed by atoms with Crippen LogP contribution in [-0.2, 0) is 9.53 Å². The van der Waals surface area contributed by atoms with Crippen LogP contribution in [0.2, 0.25) is 0 Å². The summed E-state index contributed by atoms with van der Waals surface area (Å²) in [6.45, 7) is 4.26. The number of hydrogen-bond donors (Lipinski definition) is 1. The molecule has 0 radical (unpaired) electrons. The van der Waals surface area contributed by atoms with Crippen LogP contribution in [-0.4, -0.2) is 69.7 Å². The average molecular weight is 456 g/mol. The molecule has 0 unspecified atom stereocenters. The lowest BCUT2D eigenvalue weighted by molar-refractivity contribution is -0.119. The van der Waals surface area contributed by atoms with Crippen LogP contribution in [0, 0.1) is 0 Å². The smallest absolute Gasteiger partial charge is 0.230 e. The minimum absolute atomic E-state index is 0.0669. The zero-order valence-electron chi connectivity index (χ0n) is 18.7. The summed E-state index contributed by atoms with van der Waals surface area (Å²) in [5.74, 6) is 1.93. The molecule has 2 aliphatic carbocycles. The summed E-state index contributed by atoms with van der Waals surface area (Å²) in [6, 6.07) is 10.1. The number of carbonyl (C=O) groups is 1. The molecule has 1 N–H and O–H groups in total. The number of nitrogens with zero attached hydrogens (tertiary/aromatic N) is 4. The standard InChI is InChI=1S/C24H33N5O2S/c30-21(25-18-24(11-5-2-6-12-24)28-13-15-31-16-14-28)17-32-23-26-22(19-9-10-19)29(27-23)20-7-3-1-4-8-20/h1,3-4,7-8,19H,2,5-6,9-18H2,(H,25,30). The van der Waals surface area contributed by atoms with Gasteiger partial charge in [0.25, 0.3) is 0 Å². The number of amides is 1. The molecule has 0 atom stereocenters. The Bertz CT molecular complexity index is 902. The minimum atomic E-state index is 0.0669. The topological polar surface area (TPSA) is 72.3 Å². The van der Waals surface area contributed by atoms with Gasteiger partial charge < -0.3 is 10.1 Å². The number of para-hydroxylation sites is 1. The molecule has 5 rings (SSSR count). The Morgan fingerprint density at radius 3 is 2.59 bits per heavy atom. The highest BCUT2D eigenvalue weighted by molar-refractivity contribution is 7.99. The van der Waals surface area contributed by atoms with Gasteiger partial charge in [0.05, 0.1) is 24.7 Å². The van der Waals surface area contributed by atoms with Crippen LogP contribution >= 0.6 is 11.8 Å². The van der Waals surface area contributed by atoms with Crippen LogP contribution in [0.3, 0.4) is 0 Å². The van der Waals surface area contributed by atoms with Crippen LogP contribution in [0.25, 0.3) is 5.69 Å². The van der Waals surface area contributed by atoms with Gasteiger partial charge in [0.15, 0.2) is 0 Å². The van der Waals surface area contributed by atoms with Gasteiger partial charge >= 0.3 is 0 Å². The highest BCUT2D eigenvalue weighted by Crippen LogP contribution is 2.40. The van der Waals surface area contributed by atoms with Crippen molar-refractivity contribution in [1.29, 1.82) is 0 Å². The van der Waals surface area contributed by atoms with Gasteiger partial charge in [-0.25, -0.2) is 9.67 Å². The summed E-state index contributed by atoms with van der Waals surface area (Å²) < 4.78 is 7.52. The van der Waals surface area contributed by atoms with E-state index in [0.717, 1.165) is 57.2 Å². The van der Waals surface area contributed by atoms with Crippen molar-refractivity contribution < 1.29 is 9.53 Å². The normalized spacial score (nSPS) is 21.4. The second kappa shape index (κ2) is 9.93. The van der Waals surface area contributed by atoms with Crippen LogP contribution in [0.5, 0.6) is 0 Å². The van der Waals surface area contributed by atoms with Crippen LogP contribution in [0.15, 0.2) is 35.5 Å². The van der Waals surface area contributed by atoms with E-state index in [2.05, 4.69) is 22.3 Å². The Morgan fingerprint density at radius 2 is 1.88 bits per heavy atom. The first-order valence-electron chi connectivity index (χ1n) is 12.0. The third-order valence-corrected chi connectivity index (χ3v) is 7.81. The number of carbonyl (C=O) groups excluding carboxylic acids is 1. The number of rotatable bonds is 8. The van der Waals surface area contributed by atoms with E-state index in [9.17, 15) is 4.79 Å². The zero-order valence-corrected chi connectivity index (χ0v) is 19.5. The van der Waals surface area contributed by atoms with E-state index in [1.807, 2.05) is 22.9 Å². The number of ether oxygens (including phenoxy) is 1. The molecule has 3 aliphatic rings. The van der Waals surface area contributed by atoms with Gasteiger partial charge in [0.2, 0.25) is 11.1 Å². The van der Waals surface area contributed by atoms with Gasteiger partial charge in [0.1, 0.15) is 5.82 Å². The second-order valence-electron chi connectivity index (χ2n) is 9.22. The molecule has 1 aromatic heterocycles. The van der Waals surface area contributed by atoms with E-state index in [4.69, 9.17) is 14.8 Å². The number of aromatic nitrogens is 3. The Labute approximate surface area is 194 Å². The quantitative estimate of drug-likeness (QED) is 0.615. The highest BCUT2D eigenvalue weighted by Gasteiger charge is 2.38. The molecule has 8 heteroatoms. The Kier molecular flexibility index (Phi) is 6.80. The van der Waals surface area contributed by atoms with Crippen molar-refractivity contribution in [3.05, 3.63) is 36.2 Å². The maximum absolute atomic E-state index is 12.8. The fraction of sp³-hybridized carbons (Fsp3) is 0.625. The van der Waals surface area contributed by atoms with E-state index < -0.39 is 0 Å². The molecule has 1 amide bonds. The molecule has 0 bridgehead atoms. The summed E-state index contributed by atoms with van der Waals surface area (Å²) in [4.78, 5) is 20.1. The van der Waals surface area contributed by atoms with E-state index in [0.29, 0.717) is 16.8 Å². The number of morpholine rings is 1. The summed E-state index contributed by atoms with van der Waals surface area (Å²) in [5.41, 5.74) is 1.12. The van der Waals surface area contributed by atoms with Crippen LogP contribution < -0.4 is 5.32 Å². The monoisotopic (exact) mass is 455 g/mol. The maximum Gasteiger partial charge on any atom is 0.230 e. The van der Waals surface area contributed by atoms with Crippen LogP contribution in [0.1, 0.15) is 56.7 Å². The number of hydrogen-bond acceptors (Lipinski definition) is 6. The number of nitrogens with one attached hydrogen (secondary N) is 1. The molecule has 7 nitrogen and oxygen atoms in total. The van der Waals surface area contributed by atoms with E-state index in [-0.39, 0.29) is 11.4 Å². The van der Waals surface area contributed by atoms with Crippen molar-refractivity contribution >= 4 is 17.7 Å². The van der Waals surface area contributed by atoms with Gasteiger partial charge in [-0.1, -0.05) is 49.2 Å². The van der Waals surface area contributed by atoms with Crippen molar-refractivity contribution in [3.8, 4) is 5.69 Å². The predicted molar refractivity (Wildman–Crippen MR) is 125 cm³/mol. The second-order valence-corrected chi connectivity index (χ2v) is 10.2. The first-order chi connectivity index (χ1) is 15.7. The Balaban J connectivity index is 1.19. The number of thioether (sulfide) groups is 1. The van der Waals surface area contributed by atoms with Gasteiger partial charge in [-0.05, 0) is 37.8 Å². The van der Waals surface area contributed by atoms with Crippen molar-refractivity contribution in [2.75, 3.05) is 38.6 Å². The van der Waals surface area contributed by atoms with Crippen molar-refractivity contribution in [1.82, 2.24) is 25.0 Å². The molecular formula is C24H33N5O2S.